The second-order valence-electron chi connectivity index (χ2n) is 4.68. The molecule has 3 N–H and O–H groups in total. The van der Waals surface area contributed by atoms with Gasteiger partial charge in [0.1, 0.15) is 5.82 Å². The SMILES string of the molecule is CCC(NC(=O)c1ccncc1C)c1ncc(C)[nH]1.O=CO. The lowest BCUT2D eigenvalue weighted by molar-refractivity contribution is -0.122. The van der Waals surface area contributed by atoms with Gasteiger partial charge in [0.15, 0.2) is 0 Å². The molecule has 0 aromatic carbocycles. The van der Waals surface area contributed by atoms with Crippen LogP contribution in [0.4, 0.5) is 0 Å². The van der Waals surface area contributed by atoms with E-state index in [0.717, 1.165) is 23.5 Å². The zero-order chi connectivity index (χ0) is 16.5. The van der Waals surface area contributed by atoms with Crippen molar-refractivity contribution in [3.8, 4) is 0 Å². The number of hydrogen-bond acceptors (Lipinski definition) is 4. The van der Waals surface area contributed by atoms with E-state index in [1.165, 1.54) is 0 Å². The Kier molecular flexibility index (Phi) is 6.75. The predicted octanol–water partition coefficient (Wildman–Crippen LogP) is 2.00. The Morgan fingerprint density at radius 2 is 2.14 bits per heavy atom. The number of aryl methyl sites for hydroxylation is 2. The number of H-pyrrole nitrogens is 1. The fraction of sp³-hybridized carbons (Fsp3) is 0.333. The molecular formula is C15H20N4O3. The van der Waals surface area contributed by atoms with E-state index in [-0.39, 0.29) is 18.4 Å². The summed E-state index contributed by atoms with van der Waals surface area (Å²) in [5.41, 5.74) is 2.50. The van der Waals surface area contributed by atoms with Gasteiger partial charge in [-0.05, 0) is 31.9 Å². The molecule has 7 heteroatoms. The summed E-state index contributed by atoms with van der Waals surface area (Å²) in [7, 11) is 0. The van der Waals surface area contributed by atoms with Crippen molar-refractivity contribution >= 4 is 12.4 Å². The topological polar surface area (TPSA) is 108 Å². The number of imidazole rings is 1. The first kappa shape index (κ1) is 17.4. The number of carboxylic acid groups (broad SMARTS) is 1. The zero-order valence-electron chi connectivity index (χ0n) is 12.8. The quantitative estimate of drug-likeness (QED) is 0.749. The lowest BCUT2D eigenvalue weighted by atomic mass is 10.1. The monoisotopic (exact) mass is 304 g/mol. The molecule has 1 atom stereocenters. The Balaban J connectivity index is 0.000000745. The van der Waals surface area contributed by atoms with Crippen LogP contribution in [0, 0.1) is 13.8 Å². The molecule has 0 bridgehead atoms. The van der Waals surface area contributed by atoms with E-state index >= 15 is 0 Å². The summed E-state index contributed by atoms with van der Waals surface area (Å²) in [5.74, 6) is 0.695. The molecule has 22 heavy (non-hydrogen) atoms. The molecule has 1 amide bonds. The second-order valence-corrected chi connectivity index (χ2v) is 4.68. The fourth-order valence-electron chi connectivity index (χ4n) is 1.94. The van der Waals surface area contributed by atoms with Gasteiger partial charge in [-0.25, -0.2) is 4.98 Å². The lowest BCUT2D eigenvalue weighted by Gasteiger charge is -2.15. The first-order valence-electron chi connectivity index (χ1n) is 6.84. The molecule has 1 unspecified atom stereocenters. The summed E-state index contributed by atoms with van der Waals surface area (Å²) >= 11 is 0. The van der Waals surface area contributed by atoms with Crippen molar-refractivity contribution in [2.45, 2.75) is 33.2 Å². The van der Waals surface area contributed by atoms with Crippen LogP contribution in [-0.4, -0.2) is 32.4 Å². The molecule has 7 nitrogen and oxygen atoms in total. The number of hydrogen-bond donors (Lipinski definition) is 3. The van der Waals surface area contributed by atoms with Gasteiger partial charge < -0.3 is 15.4 Å². The minimum Gasteiger partial charge on any atom is -0.483 e. The van der Waals surface area contributed by atoms with E-state index < -0.39 is 0 Å². The maximum Gasteiger partial charge on any atom is 0.290 e. The van der Waals surface area contributed by atoms with Gasteiger partial charge in [0.2, 0.25) is 0 Å². The highest BCUT2D eigenvalue weighted by molar-refractivity contribution is 5.95. The van der Waals surface area contributed by atoms with Gasteiger partial charge in [-0.15, -0.1) is 0 Å². The van der Waals surface area contributed by atoms with Gasteiger partial charge in [0.05, 0.1) is 6.04 Å². The Morgan fingerprint density at radius 3 is 2.64 bits per heavy atom. The molecule has 0 fully saturated rings. The number of nitrogens with zero attached hydrogens (tertiary/aromatic N) is 2. The largest absolute Gasteiger partial charge is 0.483 e. The first-order valence-corrected chi connectivity index (χ1v) is 6.84. The highest BCUT2D eigenvalue weighted by Gasteiger charge is 2.17. The van der Waals surface area contributed by atoms with Crippen molar-refractivity contribution in [2.75, 3.05) is 0 Å². The van der Waals surface area contributed by atoms with Crippen molar-refractivity contribution in [1.29, 1.82) is 0 Å². The molecular weight excluding hydrogens is 284 g/mol. The van der Waals surface area contributed by atoms with Crippen LogP contribution in [0.3, 0.4) is 0 Å². The molecule has 118 valence electrons. The molecule has 0 saturated carbocycles. The molecule has 2 aromatic heterocycles. The van der Waals surface area contributed by atoms with Gasteiger partial charge in [-0.2, -0.15) is 0 Å². The average Bonchev–Trinajstić information content (AvgIpc) is 2.92. The van der Waals surface area contributed by atoms with E-state index in [4.69, 9.17) is 9.90 Å². The van der Waals surface area contributed by atoms with Crippen molar-refractivity contribution in [3.05, 3.63) is 47.3 Å². The number of aromatic nitrogens is 3. The van der Waals surface area contributed by atoms with Crippen LogP contribution in [-0.2, 0) is 4.79 Å². The third kappa shape index (κ3) is 4.69. The zero-order valence-corrected chi connectivity index (χ0v) is 12.8. The molecule has 0 radical (unpaired) electrons. The van der Waals surface area contributed by atoms with Crippen molar-refractivity contribution in [2.24, 2.45) is 0 Å². The van der Waals surface area contributed by atoms with Crippen molar-refractivity contribution in [1.82, 2.24) is 20.3 Å². The highest BCUT2D eigenvalue weighted by atomic mass is 16.3. The first-order chi connectivity index (χ1) is 10.5. The number of amides is 1. The number of nitrogens with one attached hydrogen (secondary N) is 2. The number of pyridine rings is 1. The minimum absolute atomic E-state index is 0.0965. The Hall–Kier alpha value is -2.70. The van der Waals surface area contributed by atoms with Gasteiger partial charge in [-0.3, -0.25) is 14.6 Å². The van der Waals surface area contributed by atoms with E-state index in [0.29, 0.717) is 5.56 Å². The number of carbonyl (C=O) groups excluding carboxylic acids is 1. The highest BCUT2D eigenvalue weighted by Crippen LogP contribution is 2.14. The summed E-state index contributed by atoms with van der Waals surface area (Å²) in [6, 6.07) is 1.62. The maximum absolute atomic E-state index is 12.2. The van der Waals surface area contributed by atoms with E-state index in [1.54, 1.807) is 24.7 Å². The van der Waals surface area contributed by atoms with Gasteiger partial charge in [0.25, 0.3) is 12.4 Å². The molecule has 2 heterocycles. The van der Waals surface area contributed by atoms with E-state index in [2.05, 4.69) is 20.3 Å². The second kappa shape index (κ2) is 8.56. The van der Waals surface area contributed by atoms with Crippen molar-refractivity contribution < 1.29 is 14.7 Å². The van der Waals surface area contributed by atoms with Crippen LogP contribution < -0.4 is 5.32 Å². The maximum atomic E-state index is 12.2. The van der Waals surface area contributed by atoms with Crippen LogP contribution in [0.1, 0.15) is 46.8 Å². The molecule has 0 aliphatic rings. The Bertz CT molecular complexity index is 625. The summed E-state index contributed by atoms with van der Waals surface area (Å²) in [6.07, 6.45) is 5.86. The van der Waals surface area contributed by atoms with Crippen LogP contribution in [0.2, 0.25) is 0 Å². The van der Waals surface area contributed by atoms with Gasteiger partial charge >= 0.3 is 0 Å². The molecule has 2 aromatic rings. The lowest BCUT2D eigenvalue weighted by Crippen LogP contribution is -2.29. The molecule has 0 aliphatic heterocycles. The normalized spacial score (nSPS) is 11.0. The minimum atomic E-state index is -0.250. The molecule has 0 saturated heterocycles. The van der Waals surface area contributed by atoms with Crippen LogP contribution in [0.25, 0.3) is 0 Å². The van der Waals surface area contributed by atoms with Crippen LogP contribution in [0.15, 0.2) is 24.7 Å². The van der Waals surface area contributed by atoms with Gasteiger partial charge in [0, 0.05) is 29.8 Å². The summed E-state index contributed by atoms with van der Waals surface area (Å²) in [5, 5.41) is 9.88. The van der Waals surface area contributed by atoms with Crippen molar-refractivity contribution in [3.63, 3.8) is 0 Å². The van der Waals surface area contributed by atoms with Crippen LogP contribution >= 0.6 is 0 Å². The molecule has 2 rings (SSSR count). The Morgan fingerprint density at radius 1 is 1.45 bits per heavy atom. The Labute approximate surface area is 128 Å². The number of aromatic amines is 1. The average molecular weight is 304 g/mol. The molecule has 0 spiro atoms. The van der Waals surface area contributed by atoms with Gasteiger partial charge in [-0.1, -0.05) is 6.92 Å². The smallest absolute Gasteiger partial charge is 0.290 e. The third-order valence-electron chi connectivity index (χ3n) is 3.03. The van der Waals surface area contributed by atoms with Crippen LogP contribution in [0.5, 0.6) is 0 Å². The number of rotatable bonds is 4. The number of carbonyl (C=O) groups is 2. The molecule has 0 aliphatic carbocycles. The third-order valence-corrected chi connectivity index (χ3v) is 3.03. The summed E-state index contributed by atoms with van der Waals surface area (Å²) in [4.78, 5) is 32.0. The van der Waals surface area contributed by atoms with E-state index in [9.17, 15) is 4.79 Å². The predicted molar refractivity (Wildman–Crippen MR) is 81.5 cm³/mol. The standard InChI is InChI=1S/C14H18N4O.CH2O2/c1-4-12(13-16-8-10(3)17-13)18-14(19)11-5-6-15-7-9(11)2;2-1-3/h5-8,12H,4H2,1-3H3,(H,16,17)(H,18,19);1H,(H,2,3). The fourth-order valence-corrected chi connectivity index (χ4v) is 1.94. The summed E-state index contributed by atoms with van der Waals surface area (Å²) < 4.78 is 0. The van der Waals surface area contributed by atoms with E-state index in [1.807, 2.05) is 20.8 Å². The summed E-state index contributed by atoms with van der Waals surface area (Å²) in [6.45, 7) is 5.58.